The Balaban J connectivity index is 1.57. The van der Waals surface area contributed by atoms with Gasteiger partial charge in [0.15, 0.2) is 5.16 Å². The van der Waals surface area contributed by atoms with Crippen LogP contribution in [0.15, 0.2) is 62.7 Å². The first-order valence-electron chi connectivity index (χ1n) is 10.1. The molecule has 34 heavy (non-hydrogen) atoms. The van der Waals surface area contributed by atoms with Gasteiger partial charge in [0, 0.05) is 35.5 Å². The average Bonchev–Trinajstić information content (AvgIpc) is 3.43. The lowest BCUT2D eigenvalue weighted by Gasteiger charge is -2.11. The lowest BCUT2D eigenvalue weighted by atomic mass is 10.3. The molecule has 4 aromatic rings. The summed E-state index contributed by atoms with van der Waals surface area (Å²) in [4.78, 5) is 23.6. The molecule has 0 fully saturated rings. The number of rotatable bonds is 10. The molecule has 0 spiro atoms. The first kappa shape index (κ1) is 24.1. The van der Waals surface area contributed by atoms with Gasteiger partial charge in [0.25, 0.3) is 5.91 Å². The number of methoxy groups -OCH3 is 1. The number of carbonyl (C=O) groups is 1. The van der Waals surface area contributed by atoms with E-state index in [4.69, 9.17) is 9.47 Å². The van der Waals surface area contributed by atoms with Gasteiger partial charge in [0.2, 0.25) is 5.13 Å². The van der Waals surface area contributed by atoms with E-state index in [-0.39, 0.29) is 11.6 Å². The van der Waals surface area contributed by atoms with Crippen molar-refractivity contribution < 1.29 is 14.3 Å². The highest BCUT2D eigenvalue weighted by molar-refractivity contribution is 7.99. The Bertz CT molecular complexity index is 1260. The largest absolute Gasteiger partial charge is 0.491 e. The summed E-state index contributed by atoms with van der Waals surface area (Å²) in [5.41, 5.74) is 0.283. The van der Waals surface area contributed by atoms with Gasteiger partial charge in [-0.1, -0.05) is 11.8 Å². The minimum atomic E-state index is -0.362. The van der Waals surface area contributed by atoms with Crippen LogP contribution in [0.3, 0.4) is 0 Å². The molecule has 3 aromatic heterocycles. The number of benzene rings is 1. The summed E-state index contributed by atoms with van der Waals surface area (Å²) >= 11 is 3.89. The molecule has 0 atom stereocenters. The summed E-state index contributed by atoms with van der Waals surface area (Å²) < 4.78 is 16.5. The Morgan fingerprint density at radius 1 is 1.12 bits per heavy atom. The molecule has 0 aliphatic rings. The minimum Gasteiger partial charge on any atom is -0.491 e. The van der Waals surface area contributed by atoms with Crippen LogP contribution in [-0.2, 0) is 11.8 Å². The monoisotopic (exact) mass is 515 g/mol. The molecule has 0 saturated heterocycles. The molecule has 0 bridgehead atoms. The van der Waals surface area contributed by atoms with Crippen molar-refractivity contribution in [3.63, 3.8) is 0 Å². The maximum atomic E-state index is 13.1. The smallest absolute Gasteiger partial charge is 0.277 e. The Morgan fingerprint density at radius 2 is 1.94 bits per heavy atom. The quantitative estimate of drug-likeness (QED) is 0.311. The third-order valence-electron chi connectivity index (χ3n) is 4.27. The molecule has 0 radical (unpaired) electrons. The summed E-state index contributed by atoms with van der Waals surface area (Å²) in [5, 5.41) is 12.5. The number of aryl methyl sites for hydroxylation is 2. The van der Waals surface area contributed by atoms with Crippen LogP contribution in [0.25, 0.3) is 0 Å². The number of hydrogen-bond acceptors (Lipinski definition) is 11. The topological polar surface area (TPSA) is 117 Å². The van der Waals surface area contributed by atoms with E-state index in [1.165, 1.54) is 23.5 Å². The molecule has 0 aliphatic carbocycles. The van der Waals surface area contributed by atoms with Crippen molar-refractivity contribution in [1.82, 2.24) is 29.1 Å². The zero-order chi connectivity index (χ0) is 23.9. The first-order chi connectivity index (χ1) is 16.5. The number of aromatic nitrogens is 6. The fourth-order valence-electron chi connectivity index (χ4n) is 2.67. The Kier molecular flexibility index (Phi) is 8.11. The SMILES string of the molecule is COCCOc1ccc(Sc2ccc(Sc3nncn3C)nc2C(=O)Nc2nc(C)ns2)cc1. The second-order valence-corrected chi connectivity index (χ2v) is 9.69. The molecule has 0 unspecified atom stereocenters. The molecule has 4 rings (SSSR count). The van der Waals surface area contributed by atoms with Crippen LogP contribution in [0.4, 0.5) is 5.13 Å². The van der Waals surface area contributed by atoms with Gasteiger partial charge in [-0.05, 0) is 55.1 Å². The van der Waals surface area contributed by atoms with E-state index >= 15 is 0 Å². The summed E-state index contributed by atoms with van der Waals surface area (Å²) in [5.74, 6) is 0.986. The van der Waals surface area contributed by atoms with Crippen LogP contribution in [0.5, 0.6) is 5.75 Å². The van der Waals surface area contributed by atoms with Crippen LogP contribution >= 0.6 is 35.1 Å². The molecular formula is C21H21N7O3S3. The zero-order valence-electron chi connectivity index (χ0n) is 18.6. The predicted octanol–water partition coefficient (Wildman–Crippen LogP) is 3.95. The number of carbonyl (C=O) groups excluding carboxylic acids is 1. The summed E-state index contributed by atoms with van der Waals surface area (Å²) in [6.45, 7) is 2.77. The van der Waals surface area contributed by atoms with Gasteiger partial charge in [0.1, 0.15) is 35.2 Å². The second-order valence-electron chi connectivity index (χ2n) is 6.84. The number of anilines is 1. The minimum absolute atomic E-state index is 0.283. The van der Waals surface area contributed by atoms with Gasteiger partial charge < -0.3 is 14.0 Å². The van der Waals surface area contributed by atoms with E-state index in [0.29, 0.717) is 39.2 Å². The summed E-state index contributed by atoms with van der Waals surface area (Å²) in [6, 6.07) is 11.4. The van der Waals surface area contributed by atoms with Gasteiger partial charge in [-0.25, -0.2) is 9.97 Å². The maximum Gasteiger partial charge on any atom is 0.277 e. The van der Waals surface area contributed by atoms with E-state index in [0.717, 1.165) is 22.2 Å². The van der Waals surface area contributed by atoms with Crippen LogP contribution in [-0.4, -0.2) is 55.3 Å². The number of hydrogen-bond donors (Lipinski definition) is 1. The van der Waals surface area contributed by atoms with E-state index in [2.05, 4.69) is 29.9 Å². The highest BCUT2D eigenvalue weighted by atomic mass is 32.2. The number of pyridine rings is 1. The van der Waals surface area contributed by atoms with E-state index in [1.54, 1.807) is 24.9 Å². The summed E-state index contributed by atoms with van der Waals surface area (Å²) in [6.07, 6.45) is 1.61. The van der Waals surface area contributed by atoms with Gasteiger partial charge in [-0.15, -0.1) is 10.2 Å². The number of amides is 1. The Morgan fingerprint density at radius 3 is 2.62 bits per heavy atom. The van der Waals surface area contributed by atoms with Gasteiger partial charge in [-0.2, -0.15) is 4.37 Å². The molecule has 3 heterocycles. The molecule has 10 nitrogen and oxygen atoms in total. The van der Waals surface area contributed by atoms with Crippen molar-refractivity contribution in [2.75, 3.05) is 25.6 Å². The fourth-order valence-corrected chi connectivity index (χ4v) is 4.87. The molecular weight excluding hydrogens is 494 g/mol. The molecule has 176 valence electrons. The highest BCUT2D eigenvalue weighted by Crippen LogP contribution is 2.34. The van der Waals surface area contributed by atoms with Gasteiger partial charge >= 0.3 is 0 Å². The number of nitrogens with one attached hydrogen (secondary N) is 1. The molecule has 0 saturated carbocycles. The van der Waals surface area contributed by atoms with Gasteiger partial charge in [0.05, 0.1) is 6.61 Å². The van der Waals surface area contributed by atoms with Crippen LogP contribution < -0.4 is 10.1 Å². The number of nitrogens with zero attached hydrogens (tertiary/aromatic N) is 6. The molecule has 0 aliphatic heterocycles. The van der Waals surface area contributed by atoms with Crippen LogP contribution in [0, 0.1) is 6.92 Å². The van der Waals surface area contributed by atoms with Crippen molar-refractivity contribution in [3.05, 3.63) is 54.2 Å². The lowest BCUT2D eigenvalue weighted by Crippen LogP contribution is -2.15. The molecule has 1 aromatic carbocycles. The highest BCUT2D eigenvalue weighted by Gasteiger charge is 2.18. The van der Waals surface area contributed by atoms with Crippen LogP contribution in [0.1, 0.15) is 16.3 Å². The van der Waals surface area contributed by atoms with E-state index in [1.807, 2.05) is 43.4 Å². The third-order valence-corrected chi connectivity index (χ3v) is 7.04. The Labute approximate surface area is 208 Å². The average molecular weight is 516 g/mol. The summed E-state index contributed by atoms with van der Waals surface area (Å²) in [7, 11) is 3.48. The number of ether oxygens (including phenoxy) is 2. The lowest BCUT2D eigenvalue weighted by molar-refractivity contribution is 0.101. The maximum absolute atomic E-state index is 13.1. The van der Waals surface area contributed by atoms with Crippen LogP contribution in [0.2, 0.25) is 0 Å². The molecule has 1 amide bonds. The van der Waals surface area contributed by atoms with E-state index < -0.39 is 0 Å². The fraction of sp³-hybridized carbons (Fsp3) is 0.238. The zero-order valence-corrected chi connectivity index (χ0v) is 21.0. The third kappa shape index (κ3) is 6.32. The first-order valence-corrected chi connectivity index (χ1v) is 12.5. The molecule has 13 heteroatoms. The normalized spacial score (nSPS) is 10.9. The van der Waals surface area contributed by atoms with Crippen molar-refractivity contribution in [1.29, 1.82) is 0 Å². The van der Waals surface area contributed by atoms with Crippen molar-refractivity contribution >= 4 is 46.1 Å². The van der Waals surface area contributed by atoms with Crippen molar-refractivity contribution in [3.8, 4) is 5.75 Å². The van der Waals surface area contributed by atoms with Crippen molar-refractivity contribution in [2.24, 2.45) is 7.05 Å². The van der Waals surface area contributed by atoms with Crippen molar-refractivity contribution in [2.45, 2.75) is 26.9 Å². The standard InChI is InChI=1S/C21H21N7O3S3/c1-13-23-20(34-27-13)25-19(29)18-16(8-9-17(24-18)33-21-26-22-12-28(21)2)32-15-6-4-14(5-7-15)31-11-10-30-3/h4-9,12H,10-11H2,1-3H3,(H,23,25,27,29). The Hall–Kier alpha value is -3.00. The second kappa shape index (κ2) is 11.4. The predicted molar refractivity (Wildman–Crippen MR) is 130 cm³/mol. The van der Waals surface area contributed by atoms with Gasteiger partial charge in [-0.3, -0.25) is 10.1 Å². The van der Waals surface area contributed by atoms with E-state index in [9.17, 15) is 4.79 Å². The molecule has 1 N–H and O–H groups in total.